The summed E-state index contributed by atoms with van der Waals surface area (Å²) >= 11 is 9.96. The summed E-state index contributed by atoms with van der Waals surface area (Å²) in [6, 6.07) is 3.03. The molecular formula is C7H3ClFNO2S. The third kappa shape index (κ3) is 2.19. The Morgan fingerprint density at radius 3 is 2.69 bits per heavy atom. The van der Waals surface area contributed by atoms with Gasteiger partial charge in [-0.2, -0.15) is 0 Å². The lowest BCUT2D eigenvalue weighted by Crippen LogP contribution is -1.98. The van der Waals surface area contributed by atoms with E-state index in [4.69, 9.17) is 11.6 Å². The molecule has 0 saturated heterocycles. The van der Waals surface area contributed by atoms with E-state index in [1.165, 1.54) is 6.07 Å². The summed E-state index contributed by atoms with van der Waals surface area (Å²) in [6.07, 6.45) is 0. The van der Waals surface area contributed by atoms with Crippen LogP contribution in [-0.2, 0) is 0 Å². The molecule has 3 nitrogen and oxygen atoms in total. The van der Waals surface area contributed by atoms with Gasteiger partial charge in [0.05, 0.1) is 16.6 Å². The van der Waals surface area contributed by atoms with Crippen molar-refractivity contribution < 1.29 is 9.31 Å². The van der Waals surface area contributed by atoms with Crippen molar-refractivity contribution in [2.24, 2.45) is 0 Å². The number of nitrogens with zero attached hydrogens (tertiary/aromatic N) is 1. The van der Waals surface area contributed by atoms with Crippen molar-refractivity contribution in [1.29, 1.82) is 0 Å². The van der Waals surface area contributed by atoms with Gasteiger partial charge in [-0.1, -0.05) is 23.8 Å². The summed E-state index contributed by atoms with van der Waals surface area (Å²) in [6.45, 7) is 0. The van der Waals surface area contributed by atoms with E-state index in [0.29, 0.717) is 0 Å². The van der Waals surface area contributed by atoms with Crippen LogP contribution in [0.1, 0.15) is 5.56 Å². The molecule has 1 aromatic rings. The van der Waals surface area contributed by atoms with Crippen molar-refractivity contribution in [3.63, 3.8) is 0 Å². The van der Waals surface area contributed by atoms with Crippen molar-refractivity contribution in [3.05, 3.63) is 39.7 Å². The number of halogens is 2. The minimum absolute atomic E-state index is 0.0584. The Kier molecular flexibility index (Phi) is 2.90. The highest BCUT2D eigenvalue weighted by atomic mass is 35.5. The van der Waals surface area contributed by atoms with E-state index in [0.717, 1.165) is 12.1 Å². The highest BCUT2D eigenvalue weighted by Crippen LogP contribution is 2.21. The first-order valence-electron chi connectivity index (χ1n) is 3.16. The molecular weight excluding hydrogens is 217 g/mol. The lowest BCUT2D eigenvalue weighted by atomic mass is 10.2. The molecule has 1 aromatic carbocycles. The normalized spacial score (nSPS) is 9.69. The number of hydrogen-bond acceptors (Lipinski definition) is 3. The van der Waals surface area contributed by atoms with Crippen LogP contribution in [-0.4, -0.2) is 9.25 Å². The zero-order valence-corrected chi connectivity index (χ0v) is 7.73. The number of hydrogen-bond donors (Lipinski definition) is 0. The molecule has 6 heteroatoms. The first kappa shape index (κ1) is 10.0. The standard InChI is InChI=1S/C7H3ClFNO2S/c8-7(13)5-2-1-4(9)3-6(5)10(11)12/h1-3H. The lowest BCUT2D eigenvalue weighted by molar-refractivity contribution is -0.385. The van der Waals surface area contributed by atoms with Gasteiger partial charge in [0.1, 0.15) is 10.1 Å². The molecule has 0 aliphatic rings. The molecule has 0 unspecified atom stereocenters. The van der Waals surface area contributed by atoms with Crippen molar-refractivity contribution in [2.75, 3.05) is 0 Å². The molecule has 0 atom stereocenters. The van der Waals surface area contributed by atoms with Crippen LogP contribution in [0, 0.1) is 15.9 Å². The Labute approximate surface area is 83.3 Å². The zero-order valence-electron chi connectivity index (χ0n) is 6.16. The van der Waals surface area contributed by atoms with Crippen LogP contribution in [0.4, 0.5) is 10.1 Å². The summed E-state index contributed by atoms with van der Waals surface area (Å²) < 4.78 is 12.4. The van der Waals surface area contributed by atoms with Gasteiger partial charge in [0, 0.05) is 0 Å². The molecule has 0 bridgehead atoms. The van der Waals surface area contributed by atoms with Crippen molar-refractivity contribution in [3.8, 4) is 0 Å². The third-order valence-corrected chi connectivity index (χ3v) is 1.79. The Bertz CT molecular complexity index is 383. The quantitative estimate of drug-likeness (QED) is 0.332. The van der Waals surface area contributed by atoms with Gasteiger partial charge < -0.3 is 0 Å². The fraction of sp³-hybridized carbons (Fsp3) is 0. The third-order valence-electron chi connectivity index (χ3n) is 1.37. The highest BCUT2D eigenvalue weighted by molar-refractivity contribution is 7.83. The van der Waals surface area contributed by atoms with E-state index in [2.05, 4.69) is 12.2 Å². The van der Waals surface area contributed by atoms with E-state index in [1.54, 1.807) is 0 Å². The average molecular weight is 220 g/mol. The molecule has 0 aromatic heterocycles. The number of benzene rings is 1. The molecule has 0 amide bonds. The fourth-order valence-corrected chi connectivity index (χ4v) is 1.15. The molecule has 0 radical (unpaired) electrons. The van der Waals surface area contributed by atoms with E-state index in [1.807, 2.05) is 0 Å². The molecule has 1 rings (SSSR count). The van der Waals surface area contributed by atoms with Gasteiger partial charge in [0.15, 0.2) is 0 Å². The van der Waals surface area contributed by atoms with Gasteiger partial charge in [0.2, 0.25) is 0 Å². The summed E-state index contributed by atoms with van der Waals surface area (Å²) in [7, 11) is 0. The van der Waals surface area contributed by atoms with Gasteiger partial charge in [-0.25, -0.2) is 4.39 Å². The molecule has 13 heavy (non-hydrogen) atoms. The summed E-state index contributed by atoms with van der Waals surface area (Å²) in [4.78, 5) is 9.67. The van der Waals surface area contributed by atoms with Gasteiger partial charge in [-0.3, -0.25) is 10.1 Å². The van der Waals surface area contributed by atoms with Gasteiger partial charge in [0.25, 0.3) is 5.69 Å². The molecule has 0 N–H and O–H groups in total. The van der Waals surface area contributed by atoms with Gasteiger partial charge in [-0.15, -0.1) is 0 Å². The van der Waals surface area contributed by atoms with Crippen LogP contribution in [0.3, 0.4) is 0 Å². The van der Waals surface area contributed by atoms with Crippen LogP contribution < -0.4 is 0 Å². The van der Waals surface area contributed by atoms with Crippen LogP contribution in [0.2, 0.25) is 0 Å². The van der Waals surface area contributed by atoms with Gasteiger partial charge >= 0.3 is 0 Å². The first-order valence-corrected chi connectivity index (χ1v) is 3.95. The molecule has 0 aliphatic heterocycles. The lowest BCUT2D eigenvalue weighted by Gasteiger charge is -1.98. The molecule has 0 fully saturated rings. The zero-order chi connectivity index (χ0) is 10.0. The monoisotopic (exact) mass is 219 g/mol. The minimum atomic E-state index is -0.729. The second-order valence-corrected chi connectivity index (χ2v) is 3.20. The van der Waals surface area contributed by atoms with Crippen molar-refractivity contribution >= 4 is 33.8 Å². The number of nitro benzene ring substituents is 1. The van der Waals surface area contributed by atoms with E-state index < -0.39 is 16.4 Å². The maximum atomic E-state index is 12.6. The average Bonchev–Trinajstić information content (AvgIpc) is 2.03. The van der Waals surface area contributed by atoms with Crippen LogP contribution in [0.5, 0.6) is 0 Å². The molecule has 68 valence electrons. The highest BCUT2D eigenvalue weighted by Gasteiger charge is 2.16. The summed E-state index contributed by atoms with van der Waals surface area (Å²) in [5, 5.41) is 10.4. The SMILES string of the molecule is O=[N+]([O-])c1cc(F)ccc1C(=S)Cl. The topological polar surface area (TPSA) is 43.1 Å². The fourth-order valence-electron chi connectivity index (χ4n) is 0.822. The maximum absolute atomic E-state index is 12.6. The molecule has 0 spiro atoms. The Balaban J connectivity index is 3.35. The second kappa shape index (κ2) is 3.76. The smallest absolute Gasteiger partial charge is 0.258 e. The Morgan fingerprint density at radius 2 is 2.23 bits per heavy atom. The Morgan fingerprint density at radius 1 is 1.62 bits per heavy atom. The van der Waals surface area contributed by atoms with Crippen molar-refractivity contribution in [1.82, 2.24) is 0 Å². The first-order chi connectivity index (χ1) is 6.02. The van der Waals surface area contributed by atoms with Crippen LogP contribution in [0.25, 0.3) is 0 Å². The predicted molar refractivity (Wildman–Crippen MR) is 50.6 cm³/mol. The summed E-state index contributed by atoms with van der Waals surface area (Å²) in [5.74, 6) is -0.691. The van der Waals surface area contributed by atoms with Crippen LogP contribution in [0.15, 0.2) is 18.2 Å². The Hall–Kier alpha value is -1.07. The maximum Gasteiger partial charge on any atom is 0.281 e. The number of rotatable bonds is 2. The van der Waals surface area contributed by atoms with Crippen molar-refractivity contribution in [2.45, 2.75) is 0 Å². The van der Waals surface area contributed by atoms with E-state index in [9.17, 15) is 14.5 Å². The summed E-state index contributed by atoms with van der Waals surface area (Å²) in [5.41, 5.74) is -0.358. The largest absolute Gasteiger partial charge is 0.281 e. The molecule has 0 aliphatic carbocycles. The number of thiocarbonyl (C=S) groups is 1. The minimum Gasteiger partial charge on any atom is -0.258 e. The van der Waals surface area contributed by atoms with E-state index in [-0.39, 0.29) is 9.89 Å². The molecule has 0 heterocycles. The number of nitro groups is 1. The van der Waals surface area contributed by atoms with Crippen LogP contribution >= 0.6 is 23.8 Å². The van der Waals surface area contributed by atoms with E-state index >= 15 is 0 Å². The molecule has 0 saturated carbocycles. The van der Waals surface area contributed by atoms with Gasteiger partial charge in [-0.05, 0) is 12.1 Å². The second-order valence-electron chi connectivity index (χ2n) is 2.19. The predicted octanol–water partition coefficient (Wildman–Crippen LogP) is 2.65.